The summed E-state index contributed by atoms with van der Waals surface area (Å²) in [5, 5.41) is 4.01. The zero-order valence-electron chi connectivity index (χ0n) is 14.3. The molecule has 0 aromatic carbocycles. The lowest BCUT2D eigenvalue weighted by atomic mass is 9.83. The summed E-state index contributed by atoms with van der Waals surface area (Å²) in [5.74, 6) is -0.281. The number of rotatable bonds is 4. The molecule has 1 amide bonds. The summed E-state index contributed by atoms with van der Waals surface area (Å²) in [6.45, 7) is 0. The molecule has 3 aromatic rings. The van der Waals surface area contributed by atoms with Crippen LogP contribution in [-0.4, -0.2) is 28.9 Å². The second-order valence-corrected chi connectivity index (χ2v) is 7.29. The first-order valence-electron chi connectivity index (χ1n) is 8.70. The molecule has 3 heterocycles. The molecule has 4 rings (SSSR count). The largest absolute Gasteiger partial charge is 0.463 e. The number of hydrogen-bond acceptors (Lipinski definition) is 6. The van der Waals surface area contributed by atoms with Crippen LogP contribution in [0.15, 0.2) is 33.7 Å². The number of aromatic amines is 1. The number of nitrogens with one attached hydrogen (secondary N) is 2. The van der Waals surface area contributed by atoms with Crippen LogP contribution in [0.3, 0.4) is 0 Å². The molecule has 142 valence electrons. The van der Waals surface area contributed by atoms with Gasteiger partial charge in [-0.15, -0.1) is 0 Å². The third kappa shape index (κ3) is 3.27. The Kier molecular flexibility index (Phi) is 4.56. The number of amides is 1. The lowest BCUT2D eigenvalue weighted by Crippen LogP contribution is -2.26. The van der Waals surface area contributed by atoms with Crippen LogP contribution in [0.1, 0.15) is 54.1 Å². The number of fused-ring (bicyclic) bond motifs is 1. The second kappa shape index (κ2) is 7.03. The van der Waals surface area contributed by atoms with Gasteiger partial charge in [-0.3, -0.25) is 9.59 Å². The minimum Gasteiger partial charge on any atom is -0.463 e. The lowest BCUT2D eigenvalue weighted by Gasteiger charge is -2.23. The van der Waals surface area contributed by atoms with Crippen molar-refractivity contribution in [2.45, 2.75) is 38.0 Å². The van der Waals surface area contributed by atoms with Crippen LogP contribution in [0.25, 0.3) is 17.1 Å². The van der Waals surface area contributed by atoms with E-state index >= 15 is 0 Å². The normalized spacial score (nSPS) is 15.4. The van der Waals surface area contributed by atoms with Gasteiger partial charge in [0.15, 0.2) is 11.5 Å². The zero-order valence-corrected chi connectivity index (χ0v) is 15.2. The Bertz CT molecular complexity index is 1110. The van der Waals surface area contributed by atoms with Gasteiger partial charge >= 0.3 is 0 Å². The number of aromatic nitrogens is 3. The number of carbonyl (C=O) groups is 1. The summed E-state index contributed by atoms with van der Waals surface area (Å²) >= 11 is 0. The number of carbonyl (C=O) groups excluding carboxylic acids is 1. The topological polar surface area (TPSA) is 127 Å². The molecule has 10 heteroatoms. The third-order valence-electron chi connectivity index (χ3n) is 4.86. The van der Waals surface area contributed by atoms with E-state index in [1.807, 2.05) is 0 Å². The van der Waals surface area contributed by atoms with Crippen molar-refractivity contribution in [3.05, 3.63) is 46.1 Å². The fourth-order valence-electron chi connectivity index (χ4n) is 3.68. The molecule has 1 saturated carbocycles. The van der Waals surface area contributed by atoms with Gasteiger partial charge in [0.1, 0.15) is 5.65 Å². The van der Waals surface area contributed by atoms with Gasteiger partial charge in [-0.05, 0) is 30.9 Å². The van der Waals surface area contributed by atoms with Crippen LogP contribution in [-0.2, 0) is 10.9 Å². The van der Waals surface area contributed by atoms with E-state index in [-0.39, 0.29) is 22.8 Å². The van der Waals surface area contributed by atoms with Gasteiger partial charge in [-0.2, -0.15) is 9.61 Å². The first-order chi connectivity index (χ1) is 13.0. The second-order valence-electron chi connectivity index (χ2n) is 6.56. The molecule has 2 N–H and O–H groups in total. The Balaban J connectivity index is 1.91. The van der Waals surface area contributed by atoms with Crippen molar-refractivity contribution in [2.75, 3.05) is 0 Å². The van der Waals surface area contributed by atoms with Crippen LogP contribution in [0, 0.1) is 0 Å². The Morgan fingerprint density at radius 3 is 2.74 bits per heavy atom. The van der Waals surface area contributed by atoms with Crippen molar-refractivity contribution in [3.8, 4) is 11.5 Å². The number of nitrogens with zero attached hydrogens (tertiary/aromatic N) is 2. The fourth-order valence-corrected chi connectivity index (χ4v) is 3.96. The van der Waals surface area contributed by atoms with Crippen molar-refractivity contribution in [1.29, 1.82) is 0 Å². The molecule has 0 radical (unpaired) electrons. The summed E-state index contributed by atoms with van der Waals surface area (Å²) < 4.78 is 29.8. The molecule has 0 unspecified atom stereocenters. The molecule has 3 aromatic heterocycles. The van der Waals surface area contributed by atoms with Crippen LogP contribution in [0.5, 0.6) is 0 Å². The highest BCUT2D eigenvalue weighted by molar-refractivity contribution is 7.71. The average molecular weight is 390 g/mol. The van der Waals surface area contributed by atoms with E-state index in [1.165, 1.54) is 12.3 Å². The number of H-pyrrole nitrogens is 1. The standard InChI is InChI=1S/C17H18N4O5S/c22-16(20-27(24)25)11-9-13-18-15(12-7-4-8-26-12)14(17(23)21(13)19-11)10-5-2-1-3-6-10/h4,7-10,18,27H,1-3,5-6H2,(H,20,22,24,25). The maximum absolute atomic E-state index is 13.2. The van der Waals surface area contributed by atoms with Gasteiger partial charge in [-0.25, -0.2) is 13.1 Å². The molecule has 0 saturated heterocycles. The zero-order chi connectivity index (χ0) is 19.0. The van der Waals surface area contributed by atoms with Crippen LogP contribution >= 0.6 is 0 Å². The predicted molar refractivity (Wildman–Crippen MR) is 97.1 cm³/mol. The van der Waals surface area contributed by atoms with E-state index in [1.54, 1.807) is 16.9 Å². The van der Waals surface area contributed by atoms with E-state index in [9.17, 15) is 18.0 Å². The number of thiol groups is 1. The Hall–Kier alpha value is -2.88. The predicted octanol–water partition coefficient (Wildman–Crippen LogP) is 1.59. The molecule has 1 aliphatic rings. The summed E-state index contributed by atoms with van der Waals surface area (Å²) in [6, 6.07) is 4.84. The van der Waals surface area contributed by atoms with Gasteiger partial charge in [0.25, 0.3) is 11.5 Å². The van der Waals surface area contributed by atoms with Crippen molar-refractivity contribution >= 4 is 22.4 Å². The lowest BCUT2D eigenvalue weighted by molar-refractivity contribution is 0.0977. The minimum absolute atomic E-state index is 0.0737. The Morgan fingerprint density at radius 1 is 1.30 bits per heavy atom. The fraction of sp³-hybridized carbons (Fsp3) is 0.353. The summed E-state index contributed by atoms with van der Waals surface area (Å²) in [7, 11) is -3.11. The van der Waals surface area contributed by atoms with E-state index in [4.69, 9.17) is 4.42 Å². The highest BCUT2D eigenvalue weighted by Gasteiger charge is 2.26. The molecular formula is C17H18N4O5S. The van der Waals surface area contributed by atoms with Crippen LogP contribution in [0.2, 0.25) is 0 Å². The minimum atomic E-state index is -3.11. The van der Waals surface area contributed by atoms with Gasteiger partial charge in [-0.1, -0.05) is 19.3 Å². The maximum atomic E-state index is 13.2. The van der Waals surface area contributed by atoms with Gasteiger partial charge in [0.2, 0.25) is 10.9 Å². The van der Waals surface area contributed by atoms with Crippen molar-refractivity contribution in [1.82, 2.24) is 19.3 Å². The van der Waals surface area contributed by atoms with Crippen LogP contribution < -0.4 is 10.3 Å². The number of furan rings is 1. The highest BCUT2D eigenvalue weighted by Crippen LogP contribution is 2.35. The van der Waals surface area contributed by atoms with Crippen LogP contribution in [0.4, 0.5) is 0 Å². The molecule has 0 spiro atoms. The van der Waals surface area contributed by atoms with Crippen molar-refractivity contribution in [2.24, 2.45) is 0 Å². The third-order valence-corrected chi connectivity index (χ3v) is 5.25. The molecule has 1 aliphatic carbocycles. The Morgan fingerprint density at radius 2 is 2.07 bits per heavy atom. The molecular weight excluding hydrogens is 372 g/mol. The average Bonchev–Trinajstić information content (AvgIpc) is 3.31. The monoisotopic (exact) mass is 390 g/mol. The number of hydrogen-bond donors (Lipinski definition) is 3. The van der Waals surface area contributed by atoms with E-state index in [2.05, 4.69) is 10.1 Å². The molecule has 0 atom stereocenters. The highest BCUT2D eigenvalue weighted by atomic mass is 32.2. The molecule has 1 fully saturated rings. The molecule has 9 nitrogen and oxygen atoms in total. The molecule has 27 heavy (non-hydrogen) atoms. The van der Waals surface area contributed by atoms with E-state index in [0.29, 0.717) is 17.0 Å². The summed E-state index contributed by atoms with van der Waals surface area (Å²) in [5.41, 5.74) is 0.965. The summed E-state index contributed by atoms with van der Waals surface area (Å²) in [6.07, 6.45) is 6.56. The van der Waals surface area contributed by atoms with Gasteiger partial charge in [0, 0.05) is 11.6 Å². The summed E-state index contributed by atoms with van der Waals surface area (Å²) in [4.78, 5) is 28.3. The SMILES string of the molecule is O=C(N[SH](=O)=O)c1cc2[nH]c(-c3ccco3)c(C3CCCCC3)c(=O)n2n1. The van der Waals surface area contributed by atoms with Crippen molar-refractivity contribution in [3.63, 3.8) is 0 Å². The first kappa shape index (κ1) is 17.5. The Labute approximate surface area is 155 Å². The molecule has 0 bridgehead atoms. The van der Waals surface area contributed by atoms with Gasteiger partial charge in [0.05, 0.1) is 12.0 Å². The first-order valence-corrected chi connectivity index (χ1v) is 9.87. The van der Waals surface area contributed by atoms with Crippen molar-refractivity contribution < 1.29 is 17.6 Å². The smallest absolute Gasteiger partial charge is 0.285 e. The maximum Gasteiger partial charge on any atom is 0.285 e. The quantitative estimate of drug-likeness (QED) is 0.581. The van der Waals surface area contributed by atoms with Gasteiger partial charge < -0.3 is 9.40 Å². The molecule has 0 aliphatic heterocycles. The van der Waals surface area contributed by atoms with E-state index < -0.39 is 16.8 Å². The van der Waals surface area contributed by atoms with E-state index in [0.717, 1.165) is 36.6 Å².